The maximum Gasteiger partial charge on any atom is 0.255 e. The van der Waals surface area contributed by atoms with Crippen LogP contribution in [-0.2, 0) is 24.2 Å². The Labute approximate surface area is 275 Å². The van der Waals surface area contributed by atoms with Gasteiger partial charge in [-0.15, -0.1) is 0 Å². The summed E-state index contributed by atoms with van der Waals surface area (Å²) in [5.41, 5.74) is 0.701. The van der Waals surface area contributed by atoms with Crippen LogP contribution < -0.4 is 16.4 Å². The third-order valence-electron chi connectivity index (χ3n) is 9.43. The van der Waals surface area contributed by atoms with E-state index in [1.54, 1.807) is 13.0 Å². The van der Waals surface area contributed by atoms with Gasteiger partial charge in [0.05, 0.1) is 34.2 Å². The zero-order valence-corrected chi connectivity index (χ0v) is 27.4. The lowest BCUT2D eigenvalue weighted by molar-refractivity contribution is -0.162. The van der Waals surface area contributed by atoms with Crippen LogP contribution in [0.2, 0.25) is 0 Å². The molecule has 15 nitrogen and oxygen atoms in total. The molecule has 7 atom stereocenters. The number of aliphatic hydroxyl groups is 4. The van der Waals surface area contributed by atoms with Gasteiger partial charge in [0.2, 0.25) is 11.7 Å². The molecule has 0 fully saturated rings. The van der Waals surface area contributed by atoms with E-state index >= 15 is 0 Å². The number of hydrogen-bond donors (Lipinski definition) is 8. The lowest BCUT2D eigenvalue weighted by Gasteiger charge is -2.53. The van der Waals surface area contributed by atoms with E-state index in [0.717, 1.165) is 6.26 Å². The number of hydrogen-bond acceptors (Lipinski definition) is 13. The van der Waals surface area contributed by atoms with Gasteiger partial charge < -0.3 is 41.9 Å². The molecule has 3 aliphatic carbocycles. The summed E-state index contributed by atoms with van der Waals surface area (Å²) in [5, 5.41) is 62.7. The molecule has 0 heterocycles. The minimum Gasteiger partial charge on any atom is -0.510 e. The summed E-state index contributed by atoms with van der Waals surface area (Å²) in [6.45, 7) is 3.07. The highest BCUT2D eigenvalue weighted by atomic mass is 32.2. The van der Waals surface area contributed by atoms with E-state index in [2.05, 4.69) is 10.6 Å². The van der Waals surface area contributed by atoms with Crippen molar-refractivity contribution in [3.05, 3.63) is 70.2 Å². The van der Waals surface area contributed by atoms with Crippen molar-refractivity contribution in [3.63, 3.8) is 0 Å². The molecule has 16 heteroatoms. The van der Waals surface area contributed by atoms with E-state index in [9.17, 15) is 53.1 Å². The third-order valence-corrected chi connectivity index (χ3v) is 10.5. The van der Waals surface area contributed by atoms with Crippen molar-refractivity contribution in [2.75, 3.05) is 31.0 Å². The van der Waals surface area contributed by atoms with Crippen LogP contribution in [0.3, 0.4) is 0 Å². The van der Waals surface area contributed by atoms with Crippen LogP contribution in [0.1, 0.15) is 35.7 Å². The van der Waals surface area contributed by atoms with Crippen LogP contribution in [0.25, 0.3) is 0 Å². The quantitative estimate of drug-likeness (QED) is 0.146. The molecule has 0 aromatic heterocycles. The van der Waals surface area contributed by atoms with Crippen molar-refractivity contribution in [2.45, 2.75) is 48.4 Å². The number of primary amides is 1. The zero-order chi connectivity index (χ0) is 35.8. The maximum absolute atomic E-state index is 14.1. The standard InChI is InChI=1S/C32H36N4O11S/c1-12-16-9-10-17(35-31(44)13(2)34-14-7-6-8-15(11-14)48(5,46)47)24(37)19(16)25(38)20-18(12)26(39)22-23(36(3)4)27(40)21(30(33)43)29(42)32(22,45)28(20)41/h6-13,18,22-23,26,34,37,39-41,45H,1-5H3,(H2,33,43)(H,35,44)/t12?,13?,18?,22?,23-,26?,32-/m0/s1. The van der Waals surface area contributed by atoms with Crippen LogP contribution in [0, 0.1) is 11.8 Å². The molecular weight excluding hydrogens is 648 g/mol. The second-order valence-corrected chi connectivity index (χ2v) is 14.6. The number of amides is 2. The molecule has 2 aromatic rings. The molecule has 9 N–H and O–H groups in total. The number of ketones is 2. The highest BCUT2D eigenvalue weighted by molar-refractivity contribution is 7.90. The average Bonchev–Trinajstić information content (AvgIpc) is 2.99. The SMILES string of the molecule is CC(Nc1cccc(S(C)(=O)=O)c1)C(=O)Nc1ccc2c(c1O)C(=O)C1=C(O)[C@]3(O)C(=O)C(C(N)=O)=C(O)[C@@H](N(C)C)C3C(O)C1C2C. The number of phenols is 1. The Hall–Kier alpha value is -4.77. The first-order chi connectivity index (χ1) is 22.2. The fraction of sp³-hybridized carbons (Fsp3) is 0.375. The van der Waals surface area contributed by atoms with Crippen molar-refractivity contribution < 1.29 is 53.1 Å². The topological polar surface area (TPSA) is 257 Å². The minimum atomic E-state index is -3.51. The van der Waals surface area contributed by atoms with Crippen molar-refractivity contribution in [2.24, 2.45) is 17.6 Å². The summed E-state index contributed by atoms with van der Waals surface area (Å²) in [4.78, 5) is 54.3. The first kappa shape index (κ1) is 34.6. The number of fused-ring (bicyclic) bond motifs is 3. The van der Waals surface area contributed by atoms with Gasteiger partial charge in [-0.2, -0.15) is 0 Å². The predicted octanol–water partition coefficient (Wildman–Crippen LogP) is 0.495. The van der Waals surface area contributed by atoms with E-state index < -0.39 is 103 Å². The molecule has 256 valence electrons. The summed E-state index contributed by atoms with van der Waals surface area (Å²) >= 11 is 0. The highest BCUT2D eigenvalue weighted by Crippen LogP contribution is 2.56. The fourth-order valence-electron chi connectivity index (χ4n) is 7.10. The Kier molecular flexibility index (Phi) is 8.45. The summed E-state index contributed by atoms with van der Waals surface area (Å²) in [6.07, 6.45) is -0.697. The van der Waals surface area contributed by atoms with E-state index in [1.807, 2.05) is 0 Å². The lowest BCUT2D eigenvalue weighted by Crippen LogP contribution is -2.68. The lowest BCUT2D eigenvalue weighted by atomic mass is 9.55. The molecular formula is C32H36N4O11S. The van der Waals surface area contributed by atoms with Gasteiger partial charge in [-0.25, -0.2) is 8.42 Å². The Balaban J connectivity index is 1.54. The number of nitrogens with zero attached hydrogens (tertiary/aromatic N) is 1. The molecule has 2 amide bonds. The molecule has 0 bridgehead atoms. The number of Topliss-reactive ketones (excluding diaryl/α,β-unsaturated/α-hetero) is 2. The normalized spacial score (nSPS) is 27.6. The number of aliphatic hydroxyl groups excluding tert-OH is 3. The third kappa shape index (κ3) is 5.11. The zero-order valence-electron chi connectivity index (χ0n) is 26.5. The van der Waals surface area contributed by atoms with Gasteiger partial charge in [0.15, 0.2) is 27.0 Å². The largest absolute Gasteiger partial charge is 0.510 e. The van der Waals surface area contributed by atoms with Gasteiger partial charge in [0, 0.05) is 23.4 Å². The number of phenolic OH excluding ortho intramolecular Hbond substituents is 1. The molecule has 5 rings (SSSR count). The Morgan fingerprint density at radius 2 is 1.73 bits per heavy atom. The van der Waals surface area contributed by atoms with Gasteiger partial charge >= 0.3 is 0 Å². The number of sulfone groups is 1. The van der Waals surface area contributed by atoms with Crippen molar-refractivity contribution >= 4 is 44.6 Å². The summed E-state index contributed by atoms with van der Waals surface area (Å²) in [7, 11) is -0.623. The number of nitrogens with one attached hydrogen (secondary N) is 2. The summed E-state index contributed by atoms with van der Waals surface area (Å²) < 4.78 is 23.8. The molecule has 2 aromatic carbocycles. The number of carbonyl (C=O) groups excluding carboxylic acids is 4. The van der Waals surface area contributed by atoms with Crippen LogP contribution in [-0.4, -0.2) is 106 Å². The number of nitrogens with two attached hydrogens (primary N) is 1. The fourth-order valence-corrected chi connectivity index (χ4v) is 7.76. The number of benzene rings is 2. The van der Waals surface area contributed by atoms with Gasteiger partial charge in [-0.05, 0) is 56.8 Å². The van der Waals surface area contributed by atoms with Crippen LogP contribution in [0.4, 0.5) is 11.4 Å². The summed E-state index contributed by atoms with van der Waals surface area (Å²) in [5.74, 6) is -11.0. The molecule has 0 saturated heterocycles. The van der Waals surface area contributed by atoms with Crippen molar-refractivity contribution in [1.29, 1.82) is 0 Å². The molecule has 0 aliphatic heterocycles. The van der Waals surface area contributed by atoms with E-state index in [1.165, 1.54) is 56.3 Å². The van der Waals surface area contributed by atoms with Crippen LogP contribution >= 0.6 is 0 Å². The first-order valence-electron chi connectivity index (χ1n) is 14.8. The number of anilines is 2. The van der Waals surface area contributed by atoms with Crippen molar-refractivity contribution in [1.82, 2.24) is 4.90 Å². The van der Waals surface area contributed by atoms with Gasteiger partial charge in [0.25, 0.3) is 5.91 Å². The predicted molar refractivity (Wildman–Crippen MR) is 171 cm³/mol. The molecule has 3 aliphatic rings. The Morgan fingerprint density at radius 3 is 2.31 bits per heavy atom. The summed E-state index contributed by atoms with van der Waals surface area (Å²) in [6, 6.07) is 6.25. The second-order valence-electron chi connectivity index (χ2n) is 12.6. The molecule has 5 unspecified atom stereocenters. The smallest absolute Gasteiger partial charge is 0.255 e. The number of rotatable bonds is 7. The first-order valence-corrected chi connectivity index (χ1v) is 16.7. The van der Waals surface area contributed by atoms with Crippen molar-refractivity contribution in [3.8, 4) is 5.75 Å². The van der Waals surface area contributed by atoms with E-state index in [0.29, 0.717) is 5.69 Å². The maximum atomic E-state index is 14.1. The molecule has 0 radical (unpaired) electrons. The second kappa shape index (κ2) is 11.7. The van der Waals surface area contributed by atoms with Crippen LogP contribution in [0.5, 0.6) is 5.75 Å². The van der Waals surface area contributed by atoms with E-state index in [-0.39, 0.29) is 21.7 Å². The number of carbonyl (C=O) groups is 4. The highest BCUT2D eigenvalue weighted by Gasteiger charge is 2.67. The van der Waals surface area contributed by atoms with Crippen LogP contribution in [0.15, 0.2) is 64.0 Å². The number of aromatic hydroxyl groups is 1. The molecule has 0 spiro atoms. The monoisotopic (exact) mass is 684 g/mol. The van der Waals surface area contributed by atoms with Gasteiger partial charge in [-0.1, -0.05) is 19.1 Å². The number of likely N-dealkylation sites (N-methyl/N-ethyl adjacent to an activating group) is 1. The molecule has 0 saturated carbocycles. The Morgan fingerprint density at radius 1 is 1.08 bits per heavy atom. The minimum absolute atomic E-state index is 0.0329. The van der Waals surface area contributed by atoms with E-state index in [4.69, 9.17) is 5.73 Å². The average molecular weight is 685 g/mol. The Bertz CT molecular complexity index is 1950. The van der Waals surface area contributed by atoms with Gasteiger partial charge in [-0.3, -0.25) is 24.1 Å². The molecule has 48 heavy (non-hydrogen) atoms. The van der Waals surface area contributed by atoms with Gasteiger partial charge in [0.1, 0.15) is 23.1 Å².